The summed E-state index contributed by atoms with van der Waals surface area (Å²) in [6, 6.07) is 6.52. The molecule has 1 rings (SSSR count). The van der Waals surface area contributed by atoms with Gasteiger partial charge in [-0.3, -0.25) is 0 Å². The molecular weight excluding hydrogens is 298 g/mol. The summed E-state index contributed by atoms with van der Waals surface area (Å²) in [7, 11) is 0. The average molecular weight is 319 g/mol. The van der Waals surface area contributed by atoms with E-state index in [0.717, 1.165) is 22.5 Å². The van der Waals surface area contributed by atoms with Crippen molar-refractivity contribution < 1.29 is 0 Å². The molecule has 1 unspecified atom stereocenters. The van der Waals surface area contributed by atoms with Crippen LogP contribution >= 0.6 is 27.5 Å². The second kappa shape index (κ2) is 6.21. The Morgan fingerprint density at radius 1 is 1.35 bits per heavy atom. The molecule has 0 fully saturated rings. The van der Waals surface area contributed by atoms with Gasteiger partial charge in [0.05, 0.1) is 5.02 Å². The van der Waals surface area contributed by atoms with E-state index in [2.05, 4.69) is 55.0 Å². The molecule has 96 valence electrons. The number of halogens is 2. The minimum atomic E-state index is 0.173. The van der Waals surface area contributed by atoms with Gasteiger partial charge in [0.1, 0.15) is 0 Å². The van der Waals surface area contributed by atoms with E-state index in [1.54, 1.807) is 0 Å². The van der Waals surface area contributed by atoms with Gasteiger partial charge in [-0.1, -0.05) is 45.4 Å². The summed E-state index contributed by atoms with van der Waals surface area (Å²) in [5, 5.41) is 4.37. The van der Waals surface area contributed by atoms with Crippen LogP contribution in [0.15, 0.2) is 22.7 Å². The van der Waals surface area contributed by atoms with Crippen LogP contribution in [0.5, 0.6) is 0 Å². The van der Waals surface area contributed by atoms with Crippen LogP contribution in [0.25, 0.3) is 0 Å². The van der Waals surface area contributed by atoms with Gasteiger partial charge in [0, 0.05) is 10.5 Å². The molecule has 0 saturated carbocycles. The van der Waals surface area contributed by atoms with Crippen molar-refractivity contribution in [1.29, 1.82) is 0 Å². The third-order valence-electron chi connectivity index (χ3n) is 2.74. The van der Waals surface area contributed by atoms with Gasteiger partial charge < -0.3 is 5.32 Å². The summed E-state index contributed by atoms with van der Waals surface area (Å²) in [5.41, 5.74) is 1.42. The molecule has 1 atom stereocenters. The summed E-state index contributed by atoms with van der Waals surface area (Å²) in [6.07, 6.45) is 1.14. The number of hydrogen-bond donors (Lipinski definition) is 1. The van der Waals surface area contributed by atoms with Gasteiger partial charge in [-0.05, 0) is 52.0 Å². The predicted molar refractivity (Wildman–Crippen MR) is 79.6 cm³/mol. The van der Waals surface area contributed by atoms with Crippen LogP contribution in [-0.2, 0) is 0 Å². The first-order valence-corrected chi connectivity index (χ1v) is 7.21. The van der Waals surface area contributed by atoms with Crippen molar-refractivity contribution in [3.8, 4) is 0 Å². The molecule has 0 heterocycles. The van der Waals surface area contributed by atoms with E-state index in [-0.39, 0.29) is 5.41 Å². The largest absolute Gasteiger partial charge is 0.309 e. The topological polar surface area (TPSA) is 12.0 Å². The summed E-state index contributed by atoms with van der Waals surface area (Å²) in [4.78, 5) is 0. The monoisotopic (exact) mass is 317 g/mol. The van der Waals surface area contributed by atoms with E-state index in [1.165, 1.54) is 5.56 Å². The van der Waals surface area contributed by atoms with E-state index in [1.807, 2.05) is 12.1 Å². The molecule has 0 bridgehead atoms. The lowest BCUT2D eigenvalue weighted by Gasteiger charge is -2.32. The minimum Gasteiger partial charge on any atom is -0.309 e. The maximum absolute atomic E-state index is 6.17. The third kappa shape index (κ3) is 4.27. The molecule has 1 aromatic rings. The molecule has 0 saturated heterocycles. The molecule has 0 aliphatic carbocycles. The summed E-state index contributed by atoms with van der Waals surface area (Å²) < 4.78 is 0.950. The Labute approximate surface area is 118 Å². The SMILES string of the molecule is CCCNC(c1ccc(Br)c(Cl)c1)C(C)(C)C. The van der Waals surface area contributed by atoms with Crippen molar-refractivity contribution in [2.24, 2.45) is 5.41 Å². The van der Waals surface area contributed by atoms with E-state index in [9.17, 15) is 0 Å². The summed E-state index contributed by atoms with van der Waals surface area (Å²) >= 11 is 9.60. The normalized spacial score (nSPS) is 13.8. The van der Waals surface area contributed by atoms with Gasteiger partial charge in [-0.25, -0.2) is 0 Å². The lowest BCUT2D eigenvalue weighted by molar-refractivity contribution is 0.273. The zero-order valence-corrected chi connectivity index (χ0v) is 13.3. The molecule has 0 spiro atoms. The van der Waals surface area contributed by atoms with Crippen molar-refractivity contribution in [3.05, 3.63) is 33.3 Å². The zero-order chi connectivity index (χ0) is 13.1. The second-order valence-corrected chi connectivity index (χ2v) is 6.69. The molecule has 0 aliphatic heterocycles. The van der Waals surface area contributed by atoms with Crippen LogP contribution in [0.4, 0.5) is 0 Å². The Balaban J connectivity index is 3.00. The van der Waals surface area contributed by atoms with Crippen LogP contribution in [-0.4, -0.2) is 6.54 Å². The molecule has 3 heteroatoms. The lowest BCUT2D eigenvalue weighted by atomic mass is 9.82. The first kappa shape index (κ1) is 15.0. The van der Waals surface area contributed by atoms with Gasteiger partial charge in [0.15, 0.2) is 0 Å². The summed E-state index contributed by atoms with van der Waals surface area (Å²) in [6.45, 7) is 9.94. The van der Waals surface area contributed by atoms with Crippen molar-refractivity contribution in [2.45, 2.75) is 40.2 Å². The molecular formula is C14H21BrClN. The van der Waals surface area contributed by atoms with Crippen molar-refractivity contribution in [1.82, 2.24) is 5.32 Å². The molecule has 1 aromatic carbocycles. The Hall–Kier alpha value is -0.0500. The maximum Gasteiger partial charge on any atom is 0.0551 e. The molecule has 1 nitrogen and oxygen atoms in total. The van der Waals surface area contributed by atoms with Crippen molar-refractivity contribution in [2.75, 3.05) is 6.54 Å². The molecule has 0 amide bonds. The molecule has 17 heavy (non-hydrogen) atoms. The Kier molecular flexibility index (Phi) is 5.49. The van der Waals surface area contributed by atoms with Crippen molar-refractivity contribution in [3.63, 3.8) is 0 Å². The fourth-order valence-corrected chi connectivity index (χ4v) is 2.34. The Morgan fingerprint density at radius 2 is 2.00 bits per heavy atom. The molecule has 0 aromatic heterocycles. The van der Waals surface area contributed by atoms with E-state index >= 15 is 0 Å². The fraction of sp³-hybridized carbons (Fsp3) is 0.571. The highest BCUT2D eigenvalue weighted by Gasteiger charge is 2.25. The highest BCUT2D eigenvalue weighted by molar-refractivity contribution is 9.10. The number of hydrogen-bond acceptors (Lipinski definition) is 1. The van der Waals surface area contributed by atoms with Crippen LogP contribution in [0.2, 0.25) is 5.02 Å². The average Bonchev–Trinajstić information content (AvgIpc) is 2.22. The molecule has 1 N–H and O–H groups in total. The highest BCUT2D eigenvalue weighted by Crippen LogP contribution is 2.35. The lowest BCUT2D eigenvalue weighted by Crippen LogP contribution is -2.32. The van der Waals surface area contributed by atoms with E-state index in [4.69, 9.17) is 11.6 Å². The number of benzene rings is 1. The number of nitrogens with one attached hydrogen (secondary N) is 1. The van der Waals surface area contributed by atoms with E-state index in [0.29, 0.717) is 6.04 Å². The van der Waals surface area contributed by atoms with Crippen LogP contribution in [0.1, 0.15) is 45.7 Å². The van der Waals surface area contributed by atoms with Crippen LogP contribution in [0, 0.1) is 5.41 Å². The second-order valence-electron chi connectivity index (χ2n) is 5.43. The quantitative estimate of drug-likeness (QED) is 0.805. The molecule has 0 radical (unpaired) electrons. The van der Waals surface area contributed by atoms with Gasteiger partial charge >= 0.3 is 0 Å². The van der Waals surface area contributed by atoms with Gasteiger partial charge in [-0.2, -0.15) is 0 Å². The predicted octanol–water partition coefficient (Wildman–Crippen LogP) is 5.19. The standard InChI is InChI=1S/C14H21BrClN/c1-5-8-17-13(14(2,3)4)10-6-7-11(15)12(16)9-10/h6-7,9,13,17H,5,8H2,1-4H3. The fourth-order valence-electron chi connectivity index (χ4n) is 1.90. The first-order chi connectivity index (χ1) is 7.86. The highest BCUT2D eigenvalue weighted by atomic mass is 79.9. The third-order valence-corrected chi connectivity index (χ3v) is 3.97. The van der Waals surface area contributed by atoms with Gasteiger partial charge in [0.25, 0.3) is 0 Å². The summed E-state index contributed by atoms with van der Waals surface area (Å²) in [5.74, 6) is 0. The van der Waals surface area contributed by atoms with Gasteiger partial charge in [-0.15, -0.1) is 0 Å². The Morgan fingerprint density at radius 3 is 2.47 bits per heavy atom. The van der Waals surface area contributed by atoms with E-state index < -0.39 is 0 Å². The molecule has 0 aliphatic rings. The minimum absolute atomic E-state index is 0.173. The van der Waals surface area contributed by atoms with Crippen molar-refractivity contribution >= 4 is 27.5 Å². The maximum atomic E-state index is 6.17. The van der Waals surface area contributed by atoms with Gasteiger partial charge in [0.2, 0.25) is 0 Å². The smallest absolute Gasteiger partial charge is 0.0551 e. The van der Waals surface area contributed by atoms with Crippen LogP contribution < -0.4 is 5.32 Å². The van der Waals surface area contributed by atoms with Crippen LogP contribution in [0.3, 0.4) is 0 Å². The number of rotatable bonds is 4. The Bertz CT molecular complexity index is 371. The zero-order valence-electron chi connectivity index (χ0n) is 11.0. The first-order valence-electron chi connectivity index (χ1n) is 6.04.